The van der Waals surface area contributed by atoms with Crippen molar-refractivity contribution in [3.63, 3.8) is 0 Å². The second kappa shape index (κ2) is 5.94. The van der Waals surface area contributed by atoms with E-state index < -0.39 is 0 Å². The number of ether oxygens (including phenoxy) is 2. The minimum atomic E-state index is -0.382. The Labute approximate surface area is 116 Å². The zero-order valence-electron chi connectivity index (χ0n) is 11.3. The number of rotatable bonds is 4. The van der Waals surface area contributed by atoms with Gasteiger partial charge in [-0.1, -0.05) is 0 Å². The van der Waals surface area contributed by atoms with Gasteiger partial charge in [-0.05, 0) is 13.2 Å². The number of methoxy groups -OCH3 is 1. The number of thioether (sulfide) groups is 1. The topological polar surface area (TPSA) is 79.4 Å². The first kappa shape index (κ1) is 14.4. The summed E-state index contributed by atoms with van der Waals surface area (Å²) in [5, 5.41) is 0. The van der Waals surface area contributed by atoms with Crippen LogP contribution in [0.2, 0.25) is 0 Å². The molecule has 0 aliphatic carbocycles. The van der Waals surface area contributed by atoms with Crippen molar-refractivity contribution in [1.29, 1.82) is 0 Å². The van der Waals surface area contributed by atoms with E-state index in [1.807, 2.05) is 13.2 Å². The summed E-state index contributed by atoms with van der Waals surface area (Å²) < 4.78 is 12.8. The highest BCUT2D eigenvalue weighted by molar-refractivity contribution is 7.98. The largest absolute Gasteiger partial charge is 0.383 e. The molecule has 2 heterocycles. The molecule has 1 aliphatic rings. The molecule has 1 saturated heterocycles. The van der Waals surface area contributed by atoms with Gasteiger partial charge in [0, 0.05) is 31.0 Å². The van der Waals surface area contributed by atoms with E-state index >= 15 is 0 Å². The predicted molar refractivity (Wildman–Crippen MR) is 75.4 cm³/mol. The van der Waals surface area contributed by atoms with E-state index in [0.717, 1.165) is 11.3 Å². The molecule has 0 saturated carbocycles. The molecule has 7 heteroatoms. The normalized spacial score (nSPS) is 26.8. The van der Waals surface area contributed by atoms with Crippen LogP contribution in [0.4, 0.5) is 5.82 Å². The van der Waals surface area contributed by atoms with Gasteiger partial charge >= 0.3 is 5.69 Å². The Balaban J connectivity index is 2.24. The zero-order chi connectivity index (χ0) is 14.0. The standard InChI is InChI=1S/C12H19N3O3S/c1-7-5-15(12(16)14-11(7)13)10-4-8(17-2)9(18-10)6-19-3/h5,8-10H,4,6H2,1-3H3,(H2,13,14,16)/t8?,9-,10-/m1/s1. The van der Waals surface area contributed by atoms with Gasteiger partial charge in [0.05, 0.1) is 12.2 Å². The van der Waals surface area contributed by atoms with Crippen LogP contribution in [0.15, 0.2) is 11.0 Å². The van der Waals surface area contributed by atoms with Gasteiger partial charge in [0.1, 0.15) is 12.0 Å². The van der Waals surface area contributed by atoms with Gasteiger partial charge in [-0.3, -0.25) is 4.57 Å². The first-order valence-corrected chi connectivity index (χ1v) is 7.48. The Morgan fingerprint density at radius 3 is 3.05 bits per heavy atom. The molecule has 106 valence electrons. The Kier molecular flexibility index (Phi) is 4.49. The average Bonchev–Trinajstić information content (AvgIpc) is 2.77. The van der Waals surface area contributed by atoms with Gasteiger partial charge < -0.3 is 15.2 Å². The van der Waals surface area contributed by atoms with Gasteiger partial charge in [0.2, 0.25) is 0 Å². The third-order valence-corrected chi connectivity index (χ3v) is 3.96. The monoisotopic (exact) mass is 285 g/mol. The number of aryl methyl sites for hydroxylation is 1. The van der Waals surface area contributed by atoms with Crippen LogP contribution in [0.25, 0.3) is 0 Å². The van der Waals surface area contributed by atoms with E-state index in [0.29, 0.717) is 6.42 Å². The van der Waals surface area contributed by atoms with E-state index in [2.05, 4.69) is 4.98 Å². The molecule has 0 radical (unpaired) electrons. The van der Waals surface area contributed by atoms with Crippen molar-refractivity contribution in [2.45, 2.75) is 31.8 Å². The molecule has 2 N–H and O–H groups in total. The first-order chi connectivity index (χ1) is 9.06. The lowest BCUT2D eigenvalue weighted by molar-refractivity contribution is -0.0159. The van der Waals surface area contributed by atoms with E-state index in [4.69, 9.17) is 15.2 Å². The van der Waals surface area contributed by atoms with E-state index in [1.165, 1.54) is 4.57 Å². The summed E-state index contributed by atoms with van der Waals surface area (Å²) in [5.41, 5.74) is 6.01. The van der Waals surface area contributed by atoms with Crippen molar-refractivity contribution >= 4 is 17.6 Å². The molecule has 0 spiro atoms. The summed E-state index contributed by atoms with van der Waals surface area (Å²) in [7, 11) is 1.67. The molecule has 0 aromatic carbocycles. The van der Waals surface area contributed by atoms with Crippen molar-refractivity contribution in [1.82, 2.24) is 9.55 Å². The van der Waals surface area contributed by atoms with Crippen LogP contribution in [0.5, 0.6) is 0 Å². The maximum absolute atomic E-state index is 11.9. The third-order valence-electron chi connectivity index (χ3n) is 3.30. The van der Waals surface area contributed by atoms with Crippen molar-refractivity contribution in [2.24, 2.45) is 0 Å². The molecular formula is C12H19N3O3S. The van der Waals surface area contributed by atoms with Gasteiger partial charge in [0.25, 0.3) is 0 Å². The summed E-state index contributed by atoms with van der Waals surface area (Å²) >= 11 is 1.70. The highest BCUT2D eigenvalue weighted by atomic mass is 32.2. The molecule has 19 heavy (non-hydrogen) atoms. The lowest BCUT2D eigenvalue weighted by Gasteiger charge is -2.16. The molecule has 0 bridgehead atoms. The highest BCUT2D eigenvalue weighted by Gasteiger charge is 2.36. The number of nitrogens with two attached hydrogens (primary N) is 1. The quantitative estimate of drug-likeness (QED) is 0.881. The molecule has 1 unspecified atom stereocenters. The number of nitrogen functional groups attached to an aromatic ring is 1. The number of nitrogens with zero attached hydrogens (tertiary/aromatic N) is 2. The molecule has 2 rings (SSSR count). The fourth-order valence-electron chi connectivity index (χ4n) is 2.22. The highest BCUT2D eigenvalue weighted by Crippen LogP contribution is 2.31. The van der Waals surface area contributed by atoms with Crippen molar-refractivity contribution in [3.05, 3.63) is 22.2 Å². The van der Waals surface area contributed by atoms with Crippen LogP contribution in [-0.4, -0.2) is 40.9 Å². The second-order valence-corrected chi connectivity index (χ2v) is 5.50. The molecule has 1 aliphatic heterocycles. The summed E-state index contributed by atoms with van der Waals surface area (Å²) in [4.78, 5) is 15.7. The van der Waals surface area contributed by atoms with Crippen LogP contribution >= 0.6 is 11.8 Å². The van der Waals surface area contributed by atoms with Crippen molar-refractivity contribution in [3.8, 4) is 0 Å². The van der Waals surface area contributed by atoms with Crippen LogP contribution in [-0.2, 0) is 9.47 Å². The Morgan fingerprint density at radius 1 is 1.68 bits per heavy atom. The maximum atomic E-state index is 11.9. The second-order valence-electron chi connectivity index (χ2n) is 4.59. The lowest BCUT2D eigenvalue weighted by Crippen LogP contribution is -2.28. The minimum absolute atomic E-state index is 0.00205. The Hall–Kier alpha value is -1.05. The number of hydrogen-bond donors (Lipinski definition) is 1. The Morgan fingerprint density at radius 2 is 2.42 bits per heavy atom. The van der Waals surface area contributed by atoms with Gasteiger partial charge in [-0.2, -0.15) is 16.7 Å². The van der Waals surface area contributed by atoms with E-state index in [-0.39, 0.29) is 29.9 Å². The molecule has 6 nitrogen and oxygen atoms in total. The van der Waals surface area contributed by atoms with E-state index in [1.54, 1.807) is 25.1 Å². The van der Waals surface area contributed by atoms with Gasteiger partial charge in [0.15, 0.2) is 0 Å². The third kappa shape index (κ3) is 2.93. The summed E-state index contributed by atoms with van der Waals surface area (Å²) in [6.07, 6.45) is 4.03. The summed E-state index contributed by atoms with van der Waals surface area (Å²) in [6, 6.07) is 0. The van der Waals surface area contributed by atoms with Crippen molar-refractivity contribution in [2.75, 3.05) is 24.9 Å². The Bertz CT molecular complexity index is 505. The minimum Gasteiger partial charge on any atom is -0.383 e. The SMILES string of the molecule is COC1C[C@H](n2cc(C)c(N)nc2=O)O[C@@H]1CSC. The average molecular weight is 285 g/mol. The predicted octanol–water partition coefficient (Wildman–Crippen LogP) is 0.799. The molecule has 1 fully saturated rings. The van der Waals surface area contributed by atoms with Crippen molar-refractivity contribution < 1.29 is 9.47 Å². The lowest BCUT2D eigenvalue weighted by atomic mass is 10.2. The molecular weight excluding hydrogens is 266 g/mol. The van der Waals surface area contributed by atoms with Crippen LogP contribution in [0.1, 0.15) is 18.2 Å². The maximum Gasteiger partial charge on any atom is 0.351 e. The summed E-state index contributed by atoms with van der Waals surface area (Å²) in [6.45, 7) is 1.82. The summed E-state index contributed by atoms with van der Waals surface area (Å²) in [5.74, 6) is 1.11. The molecule has 0 amide bonds. The van der Waals surface area contributed by atoms with Gasteiger partial charge in [-0.25, -0.2) is 4.79 Å². The number of aromatic nitrogens is 2. The fourth-order valence-corrected chi connectivity index (χ4v) is 2.84. The smallest absolute Gasteiger partial charge is 0.351 e. The van der Waals surface area contributed by atoms with Crippen LogP contribution in [0, 0.1) is 6.92 Å². The van der Waals surface area contributed by atoms with Crippen LogP contribution < -0.4 is 11.4 Å². The fraction of sp³-hybridized carbons (Fsp3) is 0.667. The van der Waals surface area contributed by atoms with Crippen LogP contribution in [0.3, 0.4) is 0 Å². The number of anilines is 1. The zero-order valence-corrected chi connectivity index (χ0v) is 12.1. The molecule has 3 atom stereocenters. The van der Waals surface area contributed by atoms with Gasteiger partial charge in [-0.15, -0.1) is 0 Å². The molecule has 1 aromatic heterocycles. The van der Waals surface area contributed by atoms with E-state index in [9.17, 15) is 4.79 Å². The first-order valence-electron chi connectivity index (χ1n) is 6.09. The molecule has 1 aromatic rings. The number of hydrogen-bond acceptors (Lipinski definition) is 6.